The van der Waals surface area contributed by atoms with E-state index in [2.05, 4.69) is 4.98 Å². The van der Waals surface area contributed by atoms with Gasteiger partial charge in [-0.2, -0.15) is 0 Å². The Bertz CT molecular complexity index is 1440. The van der Waals surface area contributed by atoms with Gasteiger partial charge in [0.1, 0.15) is 5.52 Å². The van der Waals surface area contributed by atoms with Crippen molar-refractivity contribution in [2.24, 2.45) is 11.7 Å². The molecule has 1 aromatic heterocycles. The first-order valence-electron chi connectivity index (χ1n) is 10.7. The quantitative estimate of drug-likeness (QED) is 0.643. The number of amides is 3. The van der Waals surface area contributed by atoms with E-state index < -0.39 is 6.03 Å². The van der Waals surface area contributed by atoms with Crippen LogP contribution in [0.15, 0.2) is 52.6 Å². The van der Waals surface area contributed by atoms with Crippen LogP contribution in [0.3, 0.4) is 0 Å². The zero-order valence-electron chi connectivity index (χ0n) is 17.0. The number of likely N-dealkylation sites (tertiary alicyclic amines) is 1. The number of allylic oxidation sites excluding steroid dienone is 2. The van der Waals surface area contributed by atoms with Crippen LogP contribution in [0, 0.1) is 5.92 Å². The van der Waals surface area contributed by atoms with Gasteiger partial charge in [0, 0.05) is 41.4 Å². The third kappa shape index (κ3) is 2.02. The van der Waals surface area contributed by atoms with Crippen molar-refractivity contribution in [1.29, 1.82) is 0 Å². The number of primary amides is 1. The number of aromatic nitrogens is 1. The highest BCUT2D eigenvalue weighted by Crippen LogP contribution is 2.66. The van der Waals surface area contributed by atoms with Crippen LogP contribution in [0.1, 0.15) is 38.6 Å². The van der Waals surface area contributed by atoms with Crippen LogP contribution in [0.25, 0.3) is 11.1 Å². The summed E-state index contributed by atoms with van der Waals surface area (Å²) in [7, 11) is 0. The maximum absolute atomic E-state index is 13.5. The van der Waals surface area contributed by atoms with E-state index in [1.807, 2.05) is 24.3 Å². The second-order valence-corrected chi connectivity index (χ2v) is 8.90. The van der Waals surface area contributed by atoms with E-state index in [0.29, 0.717) is 42.2 Å². The Morgan fingerprint density at radius 1 is 1.16 bits per heavy atom. The van der Waals surface area contributed by atoms with E-state index in [1.54, 1.807) is 23.1 Å². The molecule has 4 aliphatic rings. The molecule has 1 saturated heterocycles. The monoisotopic (exact) mass is 426 g/mol. The van der Waals surface area contributed by atoms with Gasteiger partial charge in [-0.25, -0.2) is 9.78 Å². The lowest BCUT2D eigenvalue weighted by atomic mass is 9.81. The summed E-state index contributed by atoms with van der Waals surface area (Å²) < 4.78 is 5.84. The number of ketones is 1. The van der Waals surface area contributed by atoms with Gasteiger partial charge in [-0.05, 0) is 36.5 Å². The van der Waals surface area contributed by atoms with Crippen LogP contribution in [-0.4, -0.2) is 40.7 Å². The highest BCUT2D eigenvalue weighted by molar-refractivity contribution is 6.10. The number of carbonyl (C=O) groups is 3. The Balaban J connectivity index is 1.28. The lowest BCUT2D eigenvalue weighted by Crippen LogP contribution is -2.33. The number of oxazole rings is 1. The van der Waals surface area contributed by atoms with Crippen molar-refractivity contribution in [3.63, 3.8) is 0 Å². The topological polar surface area (TPSA) is 110 Å². The minimum Gasteiger partial charge on any atom is -0.432 e. The second kappa shape index (κ2) is 5.64. The zero-order valence-corrected chi connectivity index (χ0v) is 17.0. The summed E-state index contributed by atoms with van der Waals surface area (Å²) >= 11 is 0. The number of nitrogens with two attached hydrogens (primary N) is 1. The van der Waals surface area contributed by atoms with Crippen molar-refractivity contribution < 1.29 is 18.8 Å². The Labute approximate surface area is 182 Å². The highest BCUT2D eigenvalue weighted by atomic mass is 16.4. The minimum absolute atomic E-state index is 0.00502. The number of urea groups is 1. The molecule has 32 heavy (non-hydrogen) atoms. The average Bonchev–Trinajstić information content (AvgIpc) is 3.13. The van der Waals surface area contributed by atoms with E-state index >= 15 is 0 Å². The zero-order chi connectivity index (χ0) is 21.8. The first-order valence-corrected chi connectivity index (χ1v) is 10.7. The highest BCUT2D eigenvalue weighted by Gasteiger charge is 2.67. The predicted molar refractivity (Wildman–Crippen MR) is 114 cm³/mol. The summed E-state index contributed by atoms with van der Waals surface area (Å²) in [6.07, 6.45) is 3.15. The molecule has 158 valence electrons. The normalized spacial score (nSPS) is 24.7. The maximum atomic E-state index is 13.5. The van der Waals surface area contributed by atoms with Crippen molar-refractivity contribution in [2.75, 3.05) is 18.0 Å². The van der Waals surface area contributed by atoms with Gasteiger partial charge in [-0.1, -0.05) is 24.3 Å². The number of piperidine rings is 1. The molecule has 0 radical (unpaired) electrons. The molecule has 8 heteroatoms. The van der Waals surface area contributed by atoms with Crippen LogP contribution in [0.4, 0.5) is 10.5 Å². The molecule has 2 atom stereocenters. The van der Waals surface area contributed by atoms with Gasteiger partial charge >= 0.3 is 11.9 Å². The summed E-state index contributed by atoms with van der Waals surface area (Å²) in [6.45, 7) is 1.02. The van der Waals surface area contributed by atoms with E-state index in [0.717, 1.165) is 28.8 Å². The fourth-order valence-electron chi connectivity index (χ4n) is 5.90. The first-order chi connectivity index (χ1) is 15.5. The number of rotatable bonds is 1. The standard InChI is InChI=1S/C24H18N4O4/c25-23(31)27-8-7-14-16(27)5-6-18-20(14)26-21(32-18)22(30)28-11-12-10-24(12)15-4-2-1-3-13(15)17(29)9-19(24)28/h1-6,9,12H,7-8,10-11H2,(H2,25,31)/t12-,24?/m1/s1. The molecule has 2 aliphatic carbocycles. The molecular formula is C24H18N4O4. The number of hydrogen-bond donors (Lipinski definition) is 1. The molecule has 1 spiro atoms. The average molecular weight is 426 g/mol. The Kier molecular flexibility index (Phi) is 3.12. The number of hydrogen-bond acceptors (Lipinski definition) is 5. The molecule has 2 N–H and O–H groups in total. The number of nitrogens with zero attached hydrogens (tertiary/aromatic N) is 3. The van der Waals surface area contributed by atoms with Gasteiger partial charge < -0.3 is 15.1 Å². The van der Waals surface area contributed by atoms with Crippen LogP contribution in [0.2, 0.25) is 0 Å². The summed E-state index contributed by atoms with van der Waals surface area (Å²) in [5.74, 6) is -0.127. The van der Waals surface area contributed by atoms with E-state index in [-0.39, 0.29) is 23.0 Å². The van der Waals surface area contributed by atoms with Gasteiger partial charge in [0.15, 0.2) is 11.4 Å². The summed E-state index contributed by atoms with van der Waals surface area (Å²) in [5.41, 5.74) is 10.3. The van der Waals surface area contributed by atoms with Crippen LogP contribution >= 0.6 is 0 Å². The summed E-state index contributed by atoms with van der Waals surface area (Å²) in [4.78, 5) is 45.6. The second-order valence-electron chi connectivity index (χ2n) is 8.90. The van der Waals surface area contributed by atoms with Crippen molar-refractivity contribution >= 4 is 34.5 Å². The SMILES string of the molecule is NC(=O)N1CCc2c1ccc1oc(C(=O)N3C[C@H]4CC45C3=CC(=O)c3ccccc35)nc21. The van der Waals surface area contributed by atoms with Crippen molar-refractivity contribution in [3.8, 4) is 0 Å². The molecule has 3 aromatic rings. The fraction of sp³-hybridized carbons (Fsp3) is 0.250. The smallest absolute Gasteiger partial charge is 0.319 e. The Morgan fingerprint density at radius 3 is 2.84 bits per heavy atom. The lowest BCUT2D eigenvalue weighted by Gasteiger charge is -2.28. The third-order valence-corrected chi connectivity index (χ3v) is 7.41. The molecule has 2 aliphatic heterocycles. The first kappa shape index (κ1) is 17.7. The van der Waals surface area contributed by atoms with Gasteiger partial charge in [0.25, 0.3) is 5.89 Å². The van der Waals surface area contributed by atoms with E-state index in [1.165, 1.54) is 4.90 Å². The largest absolute Gasteiger partial charge is 0.432 e. The lowest BCUT2D eigenvalue weighted by molar-refractivity contribution is 0.0774. The van der Waals surface area contributed by atoms with Gasteiger partial charge in [0.05, 0.1) is 5.69 Å². The van der Waals surface area contributed by atoms with E-state index in [9.17, 15) is 14.4 Å². The van der Waals surface area contributed by atoms with E-state index in [4.69, 9.17) is 10.2 Å². The summed E-state index contributed by atoms with van der Waals surface area (Å²) in [5, 5.41) is 0. The number of carbonyl (C=O) groups excluding carboxylic acids is 3. The molecule has 0 bridgehead atoms. The molecule has 1 saturated carbocycles. The van der Waals surface area contributed by atoms with Crippen molar-refractivity contribution in [3.05, 3.63) is 70.8 Å². The molecule has 3 amide bonds. The van der Waals surface area contributed by atoms with Gasteiger partial charge in [0.2, 0.25) is 0 Å². The number of anilines is 1. The number of fused-ring (bicyclic) bond motifs is 4. The predicted octanol–water partition coefficient (Wildman–Crippen LogP) is 2.76. The van der Waals surface area contributed by atoms with Crippen molar-refractivity contribution in [2.45, 2.75) is 18.3 Å². The molecule has 3 heterocycles. The van der Waals surface area contributed by atoms with Crippen LogP contribution in [-0.2, 0) is 11.8 Å². The Morgan fingerprint density at radius 2 is 2.00 bits per heavy atom. The molecule has 8 nitrogen and oxygen atoms in total. The van der Waals surface area contributed by atoms with Crippen molar-refractivity contribution in [1.82, 2.24) is 9.88 Å². The maximum Gasteiger partial charge on any atom is 0.319 e. The van der Waals surface area contributed by atoms with Gasteiger partial charge in [-0.3, -0.25) is 14.5 Å². The molecular weight excluding hydrogens is 408 g/mol. The number of benzene rings is 2. The van der Waals surface area contributed by atoms with Gasteiger partial charge in [-0.15, -0.1) is 0 Å². The molecule has 2 fully saturated rings. The molecule has 2 aromatic carbocycles. The third-order valence-electron chi connectivity index (χ3n) is 7.41. The fourth-order valence-corrected chi connectivity index (χ4v) is 5.90. The summed E-state index contributed by atoms with van der Waals surface area (Å²) in [6, 6.07) is 10.6. The Hall–Kier alpha value is -3.94. The molecule has 7 rings (SSSR count). The van der Waals surface area contributed by atoms with Crippen LogP contribution in [0.5, 0.6) is 0 Å². The minimum atomic E-state index is -0.515. The van der Waals surface area contributed by atoms with Crippen LogP contribution < -0.4 is 10.6 Å². The molecule has 1 unspecified atom stereocenters.